The lowest BCUT2D eigenvalue weighted by molar-refractivity contribution is -0.193. The van der Waals surface area contributed by atoms with Gasteiger partial charge in [0.15, 0.2) is 0 Å². The third-order valence-electron chi connectivity index (χ3n) is 5.92. The zero-order valence-corrected chi connectivity index (χ0v) is 24.5. The molecule has 0 saturated carbocycles. The van der Waals surface area contributed by atoms with E-state index < -0.39 is 24.3 Å². The van der Waals surface area contributed by atoms with Crippen molar-refractivity contribution >= 4 is 23.5 Å². The standard InChI is InChI=1S/C24H28N4O4.2C2HF3O2/c1-28(2)9-10-31-23-12-16(18-13-25-26-14-18)7-8-20(23)27-24(29)17-11-19-21(30-3)5-4-6-22(19)32-15-17;2*3-2(4,5)1(6)7/h4-8,12-14,17H,9-11,15H2,1-3H3,(H,25,26)(H,27,29);2*(H,6,7). The summed E-state index contributed by atoms with van der Waals surface area (Å²) in [5, 5.41) is 24.1. The van der Waals surface area contributed by atoms with Crippen molar-refractivity contribution in [3.8, 4) is 28.4 Å². The van der Waals surface area contributed by atoms with Gasteiger partial charge in [0, 0.05) is 23.9 Å². The highest BCUT2D eigenvalue weighted by Gasteiger charge is 2.39. The number of hydrogen-bond acceptors (Lipinski definition) is 8. The highest BCUT2D eigenvalue weighted by molar-refractivity contribution is 5.95. The third kappa shape index (κ3) is 11.5. The predicted molar refractivity (Wildman–Crippen MR) is 150 cm³/mol. The maximum absolute atomic E-state index is 13.1. The number of carboxylic acid groups (broad SMARTS) is 2. The maximum Gasteiger partial charge on any atom is 0.490 e. The van der Waals surface area contributed by atoms with Crippen molar-refractivity contribution in [3.63, 3.8) is 0 Å². The number of ether oxygens (including phenoxy) is 3. The van der Waals surface area contributed by atoms with Crippen LogP contribution in [0.4, 0.5) is 32.0 Å². The molecule has 18 heteroatoms. The molecule has 4 rings (SSSR count). The Morgan fingerprint density at radius 3 is 2.17 bits per heavy atom. The number of amides is 1. The number of hydrogen-bond donors (Lipinski definition) is 4. The third-order valence-corrected chi connectivity index (χ3v) is 5.92. The average Bonchev–Trinajstić information content (AvgIpc) is 3.52. The van der Waals surface area contributed by atoms with Gasteiger partial charge >= 0.3 is 24.3 Å². The molecule has 1 amide bonds. The molecule has 2 aromatic carbocycles. The van der Waals surface area contributed by atoms with E-state index in [0.717, 1.165) is 34.7 Å². The molecular formula is C28H30F6N4O8. The Balaban J connectivity index is 0.000000440. The van der Waals surface area contributed by atoms with Crippen molar-refractivity contribution in [3.05, 3.63) is 54.4 Å². The summed E-state index contributed by atoms with van der Waals surface area (Å²) in [5.41, 5.74) is 3.45. The Bertz CT molecular complexity index is 1420. The van der Waals surface area contributed by atoms with Crippen LogP contribution in [0.3, 0.4) is 0 Å². The van der Waals surface area contributed by atoms with Crippen LogP contribution >= 0.6 is 0 Å². The fraction of sp³-hybridized carbons (Fsp3) is 0.357. The molecule has 1 aliphatic heterocycles. The molecule has 252 valence electrons. The van der Waals surface area contributed by atoms with Gasteiger partial charge in [0.1, 0.15) is 30.5 Å². The number of aromatic nitrogens is 2. The molecule has 1 unspecified atom stereocenters. The molecule has 12 nitrogen and oxygen atoms in total. The lowest BCUT2D eigenvalue weighted by Gasteiger charge is -2.26. The Kier molecular flexibility index (Phi) is 13.2. The lowest BCUT2D eigenvalue weighted by Crippen LogP contribution is -2.33. The van der Waals surface area contributed by atoms with Gasteiger partial charge in [-0.05, 0) is 50.3 Å². The van der Waals surface area contributed by atoms with Crippen LogP contribution in [0, 0.1) is 5.92 Å². The van der Waals surface area contributed by atoms with Crippen molar-refractivity contribution in [2.75, 3.05) is 46.3 Å². The highest BCUT2D eigenvalue weighted by atomic mass is 19.4. The predicted octanol–water partition coefficient (Wildman–Crippen LogP) is 4.48. The number of carbonyl (C=O) groups is 3. The normalized spacial score (nSPS) is 13.9. The highest BCUT2D eigenvalue weighted by Crippen LogP contribution is 2.36. The number of methoxy groups -OCH3 is 1. The first kappa shape index (κ1) is 37.2. The number of rotatable bonds is 8. The number of nitrogens with zero attached hydrogens (tertiary/aromatic N) is 2. The zero-order chi connectivity index (χ0) is 34.7. The van der Waals surface area contributed by atoms with Crippen LogP contribution in [0.15, 0.2) is 48.8 Å². The molecule has 0 radical (unpaired) electrons. The molecule has 0 saturated heterocycles. The van der Waals surface area contributed by atoms with Gasteiger partial charge in [-0.1, -0.05) is 12.1 Å². The fourth-order valence-corrected chi connectivity index (χ4v) is 3.64. The van der Waals surface area contributed by atoms with Crippen LogP contribution in [0.25, 0.3) is 11.1 Å². The van der Waals surface area contributed by atoms with Crippen LogP contribution in [0.5, 0.6) is 17.2 Å². The van der Waals surface area contributed by atoms with Gasteiger partial charge in [-0.3, -0.25) is 9.89 Å². The topological polar surface area (TPSA) is 163 Å². The summed E-state index contributed by atoms with van der Waals surface area (Å²) in [6.45, 7) is 1.58. The van der Waals surface area contributed by atoms with Crippen molar-refractivity contribution in [1.82, 2.24) is 15.1 Å². The van der Waals surface area contributed by atoms with Crippen LogP contribution in [-0.2, 0) is 20.8 Å². The number of carbonyl (C=O) groups excluding carboxylic acids is 1. The summed E-state index contributed by atoms with van der Waals surface area (Å²) in [5.74, 6) is -3.84. The van der Waals surface area contributed by atoms with Crippen LogP contribution in [0.2, 0.25) is 0 Å². The Morgan fingerprint density at radius 1 is 1.02 bits per heavy atom. The molecule has 1 aromatic heterocycles. The molecule has 3 aromatic rings. The monoisotopic (exact) mass is 664 g/mol. The first-order valence-corrected chi connectivity index (χ1v) is 13.0. The molecule has 1 aliphatic rings. The van der Waals surface area contributed by atoms with Crippen LogP contribution in [-0.4, -0.2) is 96.5 Å². The number of benzene rings is 2. The van der Waals surface area contributed by atoms with Gasteiger partial charge in [0.05, 0.1) is 24.9 Å². The molecule has 0 fully saturated rings. The number of anilines is 1. The number of H-pyrrole nitrogens is 1. The second-order valence-electron chi connectivity index (χ2n) is 9.59. The van der Waals surface area contributed by atoms with Crippen LogP contribution in [0.1, 0.15) is 5.56 Å². The van der Waals surface area contributed by atoms with Crippen molar-refractivity contribution < 1.29 is 65.1 Å². The fourth-order valence-electron chi connectivity index (χ4n) is 3.64. The van der Waals surface area contributed by atoms with Crippen molar-refractivity contribution in [1.29, 1.82) is 0 Å². The van der Waals surface area contributed by atoms with E-state index in [-0.39, 0.29) is 11.8 Å². The Labute approximate surface area is 257 Å². The smallest absolute Gasteiger partial charge is 0.490 e. The molecule has 0 bridgehead atoms. The minimum atomic E-state index is -5.08. The molecule has 0 aliphatic carbocycles. The van der Waals surface area contributed by atoms with Gasteiger partial charge in [0.25, 0.3) is 0 Å². The zero-order valence-electron chi connectivity index (χ0n) is 24.5. The van der Waals surface area contributed by atoms with Crippen molar-refractivity contribution in [2.45, 2.75) is 18.8 Å². The Hall–Kier alpha value is -5.00. The quantitative estimate of drug-likeness (QED) is 0.253. The van der Waals surface area contributed by atoms with E-state index in [4.69, 9.17) is 34.0 Å². The summed E-state index contributed by atoms with van der Waals surface area (Å²) in [7, 11) is 5.60. The molecular weight excluding hydrogens is 634 g/mol. The molecule has 0 spiro atoms. The average molecular weight is 665 g/mol. The van der Waals surface area contributed by atoms with Gasteiger partial charge in [-0.15, -0.1) is 0 Å². The minimum absolute atomic E-state index is 0.116. The van der Waals surface area contributed by atoms with Gasteiger partial charge in [-0.2, -0.15) is 31.4 Å². The number of halogens is 6. The molecule has 2 heterocycles. The number of aliphatic carboxylic acids is 2. The second kappa shape index (κ2) is 16.4. The lowest BCUT2D eigenvalue weighted by atomic mass is 9.95. The maximum atomic E-state index is 13.1. The number of fused-ring (bicyclic) bond motifs is 1. The molecule has 4 N–H and O–H groups in total. The number of carboxylic acids is 2. The number of alkyl halides is 6. The van der Waals surface area contributed by atoms with E-state index in [0.29, 0.717) is 31.1 Å². The number of likely N-dealkylation sites (N-methyl/N-ethyl adjacent to an activating group) is 1. The summed E-state index contributed by atoms with van der Waals surface area (Å²) in [6.07, 6.45) is -6.04. The van der Waals surface area contributed by atoms with E-state index in [9.17, 15) is 31.1 Å². The number of aromatic amines is 1. The van der Waals surface area contributed by atoms with Crippen LogP contribution < -0.4 is 19.5 Å². The largest absolute Gasteiger partial charge is 0.496 e. The molecule has 1 atom stereocenters. The minimum Gasteiger partial charge on any atom is -0.496 e. The summed E-state index contributed by atoms with van der Waals surface area (Å²) in [6, 6.07) is 11.4. The number of nitrogens with one attached hydrogen (secondary N) is 2. The van der Waals surface area contributed by atoms with E-state index >= 15 is 0 Å². The Morgan fingerprint density at radius 2 is 1.65 bits per heavy atom. The SMILES string of the molecule is COc1cccc2c1CC(C(=O)Nc1ccc(-c3cn[nH]c3)cc1OCCN(C)C)CO2.O=C(O)C(F)(F)F.O=C(O)C(F)(F)F. The van der Waals surface area contributed by atoms with Gasteiger partial charge in [-0.25, -0.2) is 9.59 Å². The first-order chi connectivity index (χ1) is 21.4. The first-order valence-electron chi connectivity index (χ1n) is 13.0. The van der Waals surface area contributed by atoms with E-state index in [1.54, 1.807) is 13.3 Å². The van der Waals surface area contributed by atoms with Gasteiger partial charge in [0.2, 0.25) is 5.91 Å². The summed E-state index contributed by atoms with van der Waals surface area (Å²) < 4.78 is 80.8. The molecule has 46 heavy (non-hydrogen) atoms. The van der Waals surface area contributed by atoms with E-state index in [1.165, 1.54) is 0 Å². The van der Waals surface area contributed by atoms with Crippen molar-refractivity contribution in [2.24, 2.45) is 5.92 Å². The van der Waals surface area contributed by atoms with E-state index in [1.807, 2.05) is 61.6 Å². The van der Waals surface area contributed by atoms with E-state index in [2.05, 4.69) is 15.5 Å². The van der Waals surface area contributed by atoms with Gasteiger partial charge < -0.3 is 34.6 Å². The second-order valence-corrected chi connectivity index (χ2v) is 9.59. The summed E-state index contributed by atoms with van der Waals surface area (Å²) >= 11 is 0. The summed E-state index contributed by atoms with van der Waals surface area (Å²) in [4.78, 5) is 32.9.